The Hall–Kier alpha value is -1.54. The topological polar surface area (TPSA) is 105 Å². The predicted molar refractivity (Wildman–Crippen MR) is 157 cm³/mol. The molecule has 3 unspecified atom stereocenters. The second kappa shape index (κ2) is 13.2. The Bertz CT molecular complexity index is 762. The van der Waals surface area contributed by atoms with E-state index < -0.39 is 12.2 Å². The Labute approximate surface area is 233 Å². The fourth-order valence-corrected chi connectivity index (χ4v) is 7.87. The standard InChI is InChI=1S/C19H37N3O4.C11H23N/c1-13-12-18(2,3)22(6)19(4,5)15(13)14(21-17(25)26)10-8-7-9-11-20-16(23)24;1-9-7-10(2,3)12(6)11(4,5)8-9/h13-15,20-21H,7-12H2,1-6H3,(H,23,24)(H,25,26);9H,7-8H2,1-6H3. The fraction of sp³-hybridized carbons (Fsp3) is 0.933. The summed E-state index contributed by atoms with van der Waals surface area (Å²) in [7, 11) is 4.39. The van der Waals surface area contributed by atoms with Crippen LogP contribution in [0.15, 0.2) is 0 Å². The minimum Gasteiger partial charge on any atom is -0.465 e. The van der Waals surface area contributed by atoms with Crippen molar-refractivity contribution in [3.05, 3.63) is 0 Å². The van der Waals surface area contributed by atoms with Gasteiger partial charge in [0, 0.05) is 34.7 Å². The van der Waals surface area contributed by atoms with E-state index in [1.165, 1.54) is 12.8 Å². The lowest BCUT2D eigenvalue weighted by molar-refractivity contribution is -0.0851. The number of piperidine rings is 2. The lowest BCUT2D eigenvalue weighted by Gasteiger charge is -2.59. The summed E-state index contributed by atoms with van der Waals surface area (Å²) >= 11 is 0. The van der Waals surface area contributed by atoms with Gasteiger partial charge >= 0.3 is 12.2 Å². The Morgan fingerprint density at radius 2 is 1.29 bits per heavy atom. The molecule has 38 heavy (non-hydrogen) atoms. The third-order valence-corrected chi connectivity index (χ3v) is 9.75. The van der Waals surface area contributed by atoms with E-state index in [4.69, 9.17) is 5.11 Å². The smallest absolute Gasteiger partial charge is 0.404 e. The molecule has 2 aliphatic heterocycles. The number of nitrogens with zero attached hydrogens (tertiary/aromatic N) is 2. The molecule has 2 saturated heterocycles. The number of carboxylic acid groups (broad SMARTS) is 2. The number of carbonyl (C=O) groups is 2. The third kappa shape index (κ3) is 9.29. The summed E-state index contributed by atoms with van der Waals surface area (Å²) in [6.07, 6.45) is 4.99. The molecule has 0 radical (unpaired) electrons. The van der Waals surface area contributed by atoms with E-state index in [9.17, 15) is 14.7 Å². The molecule has 0 bridgehead atoms. The third-order valence-electron chi connectivity index (χ3n) is 9.75. The summed E-state index contributed by atoms with van der Waals surface area (Å²) in [6.45, 7) is 23.4. The number of unbranched alkanes of at least 4 members (excludes halogenated alkanes) is 2. The van der Waals surface area contributed by atoms with Gasteiger partial charge < -0.3 is 20.8 Å². The van der Waals surface area contributed by atoms with Gasteiger partial charge in [0.05, 0.1) is 0 Å². The Kier molecular flexibility index (Phi) is 12.0. The predicted octanol–water partition coefficient (Wildman–Crippen LogP) is 6.50. The fourth-order valence-electron chi connectivity index (χ4n) is 7.87. The van der Waals surface area contributed by atoms with Crippen LogP contribution in [0, 0.1) is 17.8 Å². The first-order chi connectivity index (χ1) is 17.1. The van der Waals surface area contributed by atoms with Crippen molar-refractivity contribution >= 4 is 12.2 Å². The number of amides is 2. The van der Waals surface area contributed by atoms with E-state index in [-0.39, 0.29) is 23.0 Å². The van der Waals surface area contributed by atoms with Crippen LogP contribution in [0.2, 0.25) is 0 Å². The highest BCUT2D eigenvalue weighted by Crippen LogP contribution is 2.46. The largest absolute Gasteiger partial charge is 0.465 e. The molecule has 2 aliphatic rings. The highest BCUT2D eigenvalue weighted by atomic mass is 16.4. The van der Waals surface area contributed by atoms with Gasteiger partial charge in [-0.15, -0.1) is 0 Å². The molecular formula is C30H60N4O4. The van der Waals surface area contributed by atoms with E-state index in [0.717, 1.165) is 38.0 Å². The quantitative estimate of drug-likeness (QED) is 0.262. The summed E-state index contributed by atoms with van der Waals surface area (Å²) < 4.78 is 0. The SMILES string of the molecule is CC1CC(C)(C)N(C)C(C)(C)C1.CC1CC(C)(C)N(C)C(C)(C)C1C(CCCCCNC(=O)O)NC(=O)O. The first-order valence-electron chi connectivity index (χ1n) is 14.6. The van der Waals surface area contributed by atoms with E-state index in [1.807, 2.05) is 0 Å². The molecule has 8 nitrogen and oxygen atoms in total. The van der Waals surface area contributed by atoms with Crippen LogP contribution < -0.4 is 10.6 Å². The van der Waals surface area contributed by atoms with Gasteiger partial charge in [-0.2, -0.15) is 0 Å². The molecule has 2 amide bonds. The molecule has 0 aromatic rings. The lowest BCUT2D eigenvalue weighted by Crippen LogP contribution is -2.67. The van der Waals surface area contributed by atoms with Crippen molar-refractivity contribution in [2.75, 3.05) is 20.6 Å². The molecular weight excluding hydrogens is 480 g/mol. The molecule has 0 aromatic carbocycles. The average molecular weight is 541 g/mol. The van der Waals surface area contributed by atoms with Crippen LogP contribution in [0.5, 0.6) is 0 Å². The maximum atomic E-state index is 11.4. The van der Waals surface area contributed by atoms with Crippen molar-refractivity contribution in [1.29, 1.82) is 0 Å². The van der Waals surface area contributed by atoms with Crippen molar-refractivity contribution in [2.24, 2.45) is 17.8 Å². The zero-order valence-corrected chi connectivity index (χ0v) is 26.6. The van der Waals surface area contributed by atoms with Crippen molar-refractivity contribution in [3.63, 3.8) is 0 Å². The van der Waals surface area contributed by atoms with Crippen LogP contribution in [0.3, 0.4) is 0 Å². The Morgan fingerprint density at radius 1 is 0.789 bits per heavy atom. The van der Waals surface area contributed by atoms with Gasteiger partial charge in [0.2, 0.25) is 0 Å². The zero-order valence-electron chi connectivity index (χ0n) is 26.6. The molecule has 224 valence electrons. The van der Waals surface area contributed by atoms with E-state index >= 15 is 0 Å². The highest BCUT2D eigenvalue weighted by molar-refractivity contribution is 5.65. The molecule has 3 atom stereocenters. The number of hydrogen-bond acceptors (Lipinski definition) is 4. The second-order valence-electron chi connectivity index (χ2n) is 14.6. The molecule has 0 spiro atoms. The van der Waals surface area contributed by atoms with E-state index in [0.29, 0.717) is 23.5 Å². The maximum absolute atomic E-state index is 11.4. The summed E-state index contributed by atoms with van der Waals surface area (Å²) in [4.78, 5) is 26.8. The zero-order chi connectivity index (χ0) is 29.7. The highest BCUT2D eigenvalue weighted by Gasteiger charge is 2.51. The first kappa shape index (κ1) is 34.5. The van der Waals surface area contributed by atoms with Gasteiger partial charge in [0.25, 0.3) is 0 Å². The lowest BCUT2D eigenvalue weighted by atomic mass is 9.63. The van der Waals surface area contributed by atoms with Crippen LogP contribution in [0.1, 0.15) is 114 Å². The van der Waals surface area contributed by atoms with Crippen molar-refractivity contribution in [1.82, 2.24) is 20.4 Å². The van der Waals surface area contributed by atoms with Gasteiger partial charge in [-0.3, -0.25) is 9.80 Å². The van der Waals surface area contributed by atoms with Crippen molar-refractivity contribution in [3.8, 4) is 0 Å². The van der Waals surface area contributed by atoms with Gasteiger partial charge in [0.1, 0.15) is 0 Å². The summed E-state index contributed by atoms with van der Waals surface area (Å²) in [5.74, 6) is 1.49. The minimum atomic E-state index is -1.00. The molecule has 0 aliphatic carbocycles. The minimum absolute atomic E-state index is 0.0791. The molecule has 0 saturated carbocycles. The first-order valence-corrected chi connectivity index (χ1v) is 14.6. The van der Waals surface area contributed by atoms with Gasteiger partial charge in [0.15, 0.2) is 0 Å². The number of rotatable bonds is 8. The second-order valence-corrected chi connectivity index (χ2v) is 14.6. The monoisotopic (exact) mass is 540 g/mol. The number of hydrogen-bond donors (Lipinski definition) is 4. The van der Waals surface area contributed by atoms with E-state index in [1.54, 1.807) is 0 Å². The molecule has 8 heteroatoms. The van der Waals surface area contributed by atoms with Crippen molar-refractivity contribution in [2.45, 2.75) is 142 Å². The average Bonchev–Trinajstić information content (AvgIpc) is 2.71. The molecule has 2 heterocycles. The van der Waals surface area contributed by atoms with Crippen LogP contribution in [0.25, 0.3) is 0 Å². The Balaban J connectivity index is 0.000000499. The number of nitrogens with one attached hydrogen (secondary N) is 2. The molecule has 2 rings (SSSR count). The van der Waals surface area contributed by atoms with Gasteiger partial charge in [-0.25, -0.2) is 9.59 Å². The van der Waals surface area contributed by atoms with Gasteiger partial charge in [-0.05, 0) is 119 Å². The molecule has 2 fully saturated rings. The Morgan fingerprint density at radius 3 is 1.76 bits per heavy atom. The summed E-state index contributed by atoms with van der Waals surface area (Å²) in [5, 5.41) is 23.1. The van der Waals surface area contributed by atoms with Gasteiger partial charge in [-0.1, -0.05) is 26.7 Å². The molecule has 0 aromatic heterocycles. The summed E-state index contributed by atoms with van der Waals surface area (Å²) in [5.41, 5.74) is 0.706. The summed E-state index contributed by atoms with van der Waals surface area (Å²) in [6, 6.07) is -0.108. The van der Waals surface area contributed by atoms with Crippen molar-refractivity contribution < 1.29 is 19.8 Å². The van der Waals surface area contributed by atoms with Crippen LogP contribution in [-0.2, 0) is 0 Å². The maximum Gasteiger partial charge on any atom is 0.404 e. The normalized spacial score (nSPS) is 27.5. The van der Waals surface area contributed by atoms with Crippen LogP contribution in [0.4, 0.5) is 9.59 Å². The van der Waals surface area contributed by atoms with E-state index in [2.05, 4.69) is 104 Å². The van der Waals surface area contributed by atoms with Crippen LogP contribution >= 0.6 is 0 Å². The molecule has 4 N–H and O–H groups in total. The number of likely N-dealkylation sites (tertiary alicyclic amines) is 2. The van der Waals surface area contributed by atoms with Crippen LogP contribution in [-0.4, -0.2) is 81.0 Å².